The van der Waals surface area contributed by atoms with Gasteiger partial charge in [0.1, 0.15) is 0 Å². The van der Waals surface area contributed by atoms with E-state index in [9.17, 15) is 13.2 Å². The van der Waals surface area contributed by atoms with E-state index in [0.29, 0.717) is 36.0 Å². The zero-order valence-corrected chi connectivity index (χ0v) is 16.4. The van der Waals surface area contributed by atoms with Gasteiger partial charge in [-0.25, -0.2) is 13.1 Å². The van der Waals surface area contributed by atoms with Crippen molar-refractivity contribution in [3.8, 4) is 11.5 Å². The number of benzene rings is 2. The topological polar surface area (TPSA) is 93.7 Å². The molecule has 0 spiro atoms. The molecule has 0 aliphatic heterocycles. The van der Waals surface area contributed by atoms with Gasteiger partial charge in [-0.15, -0.1) is 0 Å². The van der Waals surface area contributed by atoms with Crippen molar-refractivity contribution in [3.05, 3.63) is 48.0 Å². The molecule has 0 atom stereocenters. The summed E-state index contributed by atoms with van der Waals surface area (Å²) in [7, 11) is -2.17. The highest BCUT2D eigenvalue weighted by Crippen LogP contribution is 2.29. The Kier molecular flexibility index (Phi) is 7.20. The quantitative estimate of drug-likeness (QED) is 0.684. The van der Waals surface area contributed by atoms with E-state index in [2.05, 4.69) is 10.0 Å². The van der Waals surface area contributed by atoms with Gasteiger partial charge in [-0.2, -0.15) is 0 Å². The van der Waals surface area contributed by atoms with Crippen molar-refractivity contribution >= 4 is 21.6 Å². The third-order valence-corrected chi connectivity index (χ3v) is 5.09. The molecule has 0 bridgehead atoms. The van der Waals surface area contributed by atoms with E-state index in [-0.39, 0.29) is 10.8 Å². The minimum Gasteiger partial charge on any atom is -0.490 e. The van der Waals surface area contributed by atoms with Crippen molar-refractivity contribution in [2.45, 2.75) is 25.2 Å². The molecule has 0 unspecified atom stereocenters. The van der Waals surface area contributed by atoms with E-state index in [1.165, 1.54) is 31.3 Å². The fourth-order valence-electron chi connectivity index (χ4n) is 2.29. The molecule has 146 valence electrons. The first-order valence-electron chi connectivity index (χ1n) is 8.65. The summed E-state index contributed by atoms with van der Waals surface area (Å²) in [5.41, 5.74) is 0.897. The van der Waals surface area contributed by atoms with Gasteiger partial charge in [-0.05, 0) is 62.9 Å². The van der Waals surface area contributed by atoms with Crippen LogP contribution in [0.25, 0.3) is 0 Å². The molecule has 0 saturated heterocycles. The van der Waals surface area contributed by atoms with Crippen LogP contribution in [-0.2, 0) is 10.0 Å². The lowest BCUT2D eigenvalue weighted by atomic mass is 10.2. The number of sulfonamides is 1. The van der Waals surface area contributed by atoms with Crippen molar-refractivity contribution in [3.63, 3.8) is 0 Å². The number of hydrogen-bond donors (Lipinski definition) is 2. The van der Waals surface area contributed by atoms with E-state index >= 15 is 0 Å². The molecule has 0 fully saturated rings. The van der Waals surface area contributed by atoms with Crippen LogP contribution in [0.2, 0.25) is 0 Å². The van der Waals surface area contributed by atoms with Gasteiger partial charge in [0, 0.05) is 11.3 Å². The molecule has 0 radical (unpaired) electrons. The molecule has 2 N–H and O–H groups in total. The van der Waals surface area contributed by atoms with Crippen LogP contribution in [0.1, 0.15) is 30.6 Å². The predicted molar refractivity (Wildman–Crippen MR) is 104 cm³/mol. The first kappa shape index (κ1) is 20.7. The summed E-state index contributed by atoms with van der Waals surface area (Å²) < 4.78 is 36.9. The maximum Gasteiger partial charge on any atom is 0.255 e. The minimum atomic E-state index is -3.51. The number of amides is 1. The third kappa shape index (κ3) is 5.45. The van der Waals surface area contributed by atoms with Crippen LogP contribution in [0, 0.1) is 0 Å². The normalized spacial score (nSPS) is 11.1. The van der Waals surface area contributed by atoms with Gasteiger partial charge >= 0.3 is 0 Å². The average Bonchev–Trinajstić information content (AvgIpc) is 2.67. The smallest absolute Gasteiger partial charge is 0.255 e. The molecule has 27 heavy (non-hydrogen) atoms. The molecule has 1 amide bonds. The molecule has 7 nitrogen and oxygen atoms in total. The second kappa shape index (κ2) is 9.38. The van der Waals surface area contributed by atoms with Crippen LogP contribution in [0.4, 0.5) is 5.69 Å². The van der Waals surface area contributed by atoms with Crippen molar-refractivity contribution in [2.75, 3.05) is 25.6 Å². The fraction of sp³-hybridized carbons (Fsp3) is 0.316. The van der Waals surface area contributed by atoms with Crippen LogP contribution in [0.15, 0.2) is 47.4 Å². The van der Waals surface area contributed by atoms with Gasteiger partial charge in [-0.3, -0.25) is 4.79 Å². The number of ether oxygens (including phenoxy) is 2. The Morgan fingerprint density at radius 3 is 2.30 bits per heavy atom. The van der Waals surface area contributed by atoms with Crippen molar-refractivity contribution in [1.29, 1.82) is 0 Å². The third-order valence-electron chi connectivity index (χ3n) is 3.66. The standard InChI is InChI=1S/C19H24N2O5S/c1-4-12-26-17-11-6-14(13-18(17)25-5-2)19(22)21-15-7-9-16(10-8-15)27(23,24)20-3/h6-11,13,20H,4-5,12H2,1-3H3,(H,21,22). The highest BCUT2D eigenvalue weighted by Gasteiger charge is 2.14. The van der Waals surface area contributed by atoms with Crippen molar-refractivity contribution < 1.29 is 22.7 Å². The largest absolute Gasteiger partial charge is 0.490 e. The predicted octanol–water partition coefficient (Wildman–Crippen LogP) is 3.03. The van der Waals surface area contributed by atoms with Crippen LogP contribution >= 0.6 is 0 Å². The first-order valence-corrected chi connectivity index (χ1v) is 10.1. The maximum absolute atomic E-state index is 12.5. The highest BCUT2D eigenvalue weighted by atomic mass is 32.2. The number of anilines is 1. The van der Waals surface area contributed by atoms with Crippen molar-refractivity contribution in [2.24, 2.45) is 0 Å². The molecule has 0 aliphatic carbocycles. The molecule has 8 heteroatoms. The number of carbonyl (C=O) groups excluding carboxylic acids is 1. The lowest BCUT2D eigenvalue weighted by Crippen LogP contribution is -2.18. The molecular formula is C19H24N2O5S. The number of rotatable bonds is 9. The molecule has 0 saturated carbocycles. The summed E-state index contributed by atoms with van der Waals surface area (Å²) in [5.74, 6) is 0.771. The van der Waals surface area contributed by atoms with Crippen LogP contribution < -0.4 is 19.5 Å². The SMILES string of the molecule is CCCOc1ccc(C(=O)Nc2ccc(S(=O)(=O)NC)cc2)cc1OCC. The molecule has 0 aromatic heterocycles. The molecule has 2 rings (SSSR count). The number of hydrogen-bond acceptors (Lipinski definition) is 5. The second-order valence-electron chi connectivity index (χ2n) is 5.63. The lowest BCUT2D eigenvalue weighted by Gasteiger charge is -2.13. The molecule has 2 aromatic rings. The van der Waals surface area contributed by atoms with E-state index in [1.54, 1.807) is 18.2 Å². The summed E-state index contributed by atoms with van der Waals surface area (Å²) in [5, 5.41) is 2.74. The van der Waals surface area contributed by atoms with E-state index < -0.39 is 10.0 Å². The van der Waals surface area contributed by atoms with Crippen molar-refractivity contribution in [1.82, 2.24) is 4.72 Å². The van der Waals surface area contributed by atoms with Crippen LogP contribution in [0.5, 0.6) is 11.5 Å². The zero-order chi connectivity index (χ0) is 19.9. The molecule has 0 heterocycles. The molecule has 0 aliphatic rings. The fourth-order valence-corrected chi connectivity index (χ4v) is 3.02. The van der Waals surface area contributed by atoms with Gasteiger partial charge in [-0.1, -0.05) is 6.92 Å². The molecule has 2 aromatic carbocycles. The average molecular weight is 392 g/mol. The van der Waals surface area contributed by atoms with E-state index in [1.807, 2.05) is 13.8 Å². The minimum absolute atomic E-state index is 0.124. The van der Waals surface area contributed by atoms with E-state index in [0.717, 1.165) is 6.42 Å². The molecular weight excluding hydrogens is 368 g/mol. The summed E-state index contributed by atoms with van der Waals surface area (Å²) in [6, 6.07) is 10.9. The first-order chi connectivity index (χ1) is 12.9. The second-order valence-corrected chi connectivity index (χ2v) is 7.52. The Morgan fingerprint density at radius 1 is 1.00 bits per heavy atom. The Balaban J connectivity index is 2.16. The summed E-state index contributed by atoms with van der Waals surface area (Å²) in [6.07, 6.45) is 0.868. The van der Waals surface area contributed by atoms with Gasteiger partial charge < -0.3 is 14.8 Å². The van der Waals surface area contributed by atoms with Crippen LogP contribution in [-0.4, -0.2) is 34.6 Å². The number of nitrogens with one attached hydrogen (secondary N) is 2. The Hall–Kier alpha value is -2.58. The Bertz CT molecular complexity index is 879. The lowest BCUT2D eigenvalue weighted by molar-refractivity contribution is 0.102. The zero-order valence-electron chi connectivity index (χ0n) is 15.6. The summed E-state index contributed by atoms with van der Waals surface area (Å²) >= 11 is 0. The maximum atomic E-state index is 12.5. The van der Waals surface area contributed by atoms with Gasteiger partial charge in [0.05, 0.1) is 18.1 Å². The van der Waals surface area contributed by atoms with Gasteiger partial charge in [0.2, 0.25) is 10.0 Å². The van der Waals surface area contributed by atoms with Crippen LogP contribution in [0.3, 0.4) is 0 Å². The Morgan fingerprint density at radius 2 is 1.70 bits per heavy atom. The number of carbonyl (C=O) groups is 1. The monoisotopic (exact) mass is 392 g/mol. The van der Waals surface area contributed by atoms with Gasteiger partial charge in [0.15, 0.2) is 11.5 Å². The highest BCUT2D eigenvalue weighted by molar-refractivity contribution is 7.89. The summed E-state index contributed by atoms with van der Waals surface area (Å²) in [6.45, 7) is 4.88. The van der Waals surface area contributed by atoms with Gasteiger partial charge in [0.25, 0.3) is 5.91 Å². The Labute approximate surface area is 159 Å². The van der Waals surface area contributed by atoms with E-state index in [4.69, 9.17) is 9.47 Å². The summed E-state index contributed by atoms with van der Waals surface area (Å²) in [4.78, 5) is 12.6.